The van der Waals surface area contributed by atoms with Crippen LogP contribution in [0.3, 0.4) is 0 Å². The highest BCUT2D eigenvalue weighted by molar-refractivity contribution is 7.97. The molecule has 174 valence electrons. The maximum Gasteiger partial charge on any atom is 0.253 e. The highest BCUT2D eigenvalue weighted by atomic mass is 32.2. The molecule has 2 amide bonds. The molecule has 0 aliphatic carbocycles. The summed E-state index contributed by atoms with van der Waals surface area (Å²) in [4.78, 5) is 31.4. The van der Waals surface area contributed by atoms with Crippen molar-refractivity contribution in [3.8, 4) is 11.3 Å². The minimum Gasteiger partial charge on any atom is -0.372 e. The van der Waals surface area contributed by atoms with Crippen molar-refractivity contribution in [2.45, 2.75) is 26.1 Å². The number of hydrogen-bond acceptors (Lipinski definition) is 7. The lowest BCUT2D eigenvalue weighted by Crippen LogP contribution is -2.45. The Hall–Kier alpha value is -2.82. The lowest BCUT2D eigenvalue weighted by molar-refractivity contribution is -0.115. The molecule has 1 aliphatic rings. The minimum atomic E-state index is -0.321. The van der Waals surface area contributed by atoms with E-state index in [0.29, 0.717) is 10.7 Å². The summed E-state index contributed by atoms with van der Waals surface area (Å²) >= 11 is 2.84. The number of ether oxygens (including phenoxy) is 1. The van der Waals surface area contributed by atoms with Crippen molar-refractivity contribution in [1.29, 1.82) is 0 Å². The van der Waals surface area contributed by atoms with Gasteiger partial charge in [-0.05, 0) is 44.0 Å². The van der Waals surface area contributed by atoms with Gasteiger partial charge in [-0.15, -0.1) is 11.3 Å². The first kappa shape index (κ1) is 23.3. The molecule has 3 heterocycles. The fourth-order valence-electron chi connectivity index (χ4n) is 3.77. The van der Waals surface area contributed by atoms with Crippen molar-refractivity contribution >= 4 is 45.9 Å². The molecule has 33 heavy (non-hydrogen) atoms. The monoisotopic (exact) mass is 485 g/mol. The normalized spacial score (nSPS) is 18.2. The third kappa shape index (κ3) is 5.95. The number of nitrogens with zero attached hydrogens (tertiary/aromatic N) is 3. The number of hydrogen-bond donors (Lipinski definition) is 2. The summed E-state index contributed by atoms with van der Waals surface area (Å²) in [5.41, 5.74) is 3.43. The van der Waals surface area contributed by atoms with E-state index in [2.05, 4.69) is 46.5 Å². The largest absolute Gasteiger partial charge is 0.372 e. The average molecular weight is 486 g/mol. The molecule has 1 saturated heterocycles. The number of benzene rings is 1. The van der Waals surface area contributed by atoms with Crippen molar-refractivity contribution in [3.05, 3.63) is 53.7 Å². The van der Waals surface area contributed by atoms with Crippen LogP contribution < -0.4 is 15.5 Å². The van der Waals surface area contributed by atoms with Crippen LogP contribution >= 0.6 is 23.3 Å². The van der Waals surface area contributed by atoms with Gasteiger partial charge in [0, 0.05) is 48.4 Å². The summed E-state index contributed by atoms with van der Waals surface area (Å²) in [6, 6.07) is 9.96. The number of rotatable bonds is 7. The highest BCUT2D eigenvalue weighted by Gasteiger charge is 2.22. The molecule has 10 heteroatoms. The van der Waals surface area contributed by atoms with Gasteiger partial charge in [-0.3, -0.25) is 13.6 Å². The van der Waals surface area contributed by atoms with Gasteiger partial charge in [0.05, 0.1) is 30.0 Å². The first-order valence-electron chi connectivity index (χ1n) is 10.7. The number of nitrogens with one attached hydrogen (secondary N) is 2. The van der Waals surface area contributed by atoms with E-state index in [9.17, 15) is 9.59 Å². The lowest BCUT2D eigenvalue weighted by Gasteiger charge is -2.37. The summed E-state index contributed by atoms with van der Waals surface area (Å²) in [7, 11) is 0. The second-order valence-corrected chi connectivity index (χ2v) is 9.57. The Morgan fingerprint density at radius 3 is 2.76 bits per heavy atom. The van der Waals surface area contributed by atoms with Crippen LogP contribution in [0.4, 0.5) is 10.8 Å². The Bertz CT molecular complexity index is 1120. The van der Waals surface area contributed by atoms with Gasteiger partial charge in [-0.2, -0.15) is 0 Å². The van der Waals surface area contributed by atoms with Crippen molar-refractivity contribution < 1.29 is 14.3 Å². The SMILES string of the molecule is CSn1ccc(C(=O)NCC(=O)Nc2nc(-c3cccc(N4C[C@@H](C)O[C@@H](C)C4)c3)cs2)c1. The van der Waals surface area contributed by atoms with Crippen molar-refractivity contribution in [2.24, 2.45) is 0 Å². The zero-order chi connectivity index (χ0) is 23.4. The minimum absolute atomic E-state index is 0.124. The molecule has 2 atom stereocenters. The van der Waals surface area contributed by atoms with Gasteiger partial charge in [0.2, 0.25) is 5.91 Å². The van der Waals surface area contributed by atoms with Gasteiger partial charge in [0.1, 0.15) is 0 Å². The number of morpholine rings is 1. The maximum atomic E-state index is 12.3. The summed E-state index contributed by atoms with van der Waals surface area (Å²) in [6.07, 6.45) is 5.80. The molecular formula is C23H27N5O3S2. The van der Waals surface area contributed by atoms with Crippen LogP contribution in [0.25, 0.3) is 11.3 Å². The lowest BCUT2D eigenvalue weighted by atomic mass is 10.1. The molecule has 1 aromatic carbocycles. The molecule has 3 aromatic rings. The topological polar surface area (TPSA) is 88.5 Å². The van der Waals surface area contributed by atoms with Crippen LogP contribution in [0, 0.1) is 0 Å². The van der Waals surface area contributed by atoms with Crippen molar-refractivity contribution in [3.63, 3.8) is 0 Å². The number of carbonyl (C=O) groups excluding carboxylic acids is 2. The Labute approximate surface area is 201 Å². The van der Waals surface area contributed by atoms with Gasteiger partial charge < -0.3 is 20.3 Å². The van der Waals surface area contributed by atoms with Crippen molar-refractivity contribution in [1.82, 2.24) is 14.3 Å². The fraction of sp³-hybridized carbons (Fsp3) is 0.348. The van der Waals surface area contributed by atoms with E-state index in [1.165, 1.54) is 23.3 Å². The van der Waals surface area contributed by atoms with Gasteiger partial charge in [-0.25, -0.2) is 4.98 Å². The Balaban J connectivity index is 1.35. The summed E-state index contributed by atoms with van der Waals surface area (Å²) < 4.78 is 7.66. The maximum absolute atomic E-state index is 12.3. The second kappa shape index (κ2) is 10.4. The van der Waals surface area contributed by atoms with E-state index in [0.717, 1.165) is 30.0 Å². The van der Waals surface area contributed by atoms with Gasteiger partial charge >= 0.3 is 0 Å². The Kier molecular flexibility index (Phi) is 7.36. The van der Waals surface area contributed by atoms with Crippen LogP contribution in [0.1, 0.15) is 24.2 Å². The number of thiazole rings is 1. The van der Waals surface area contributed by atoms with Gasteiger partial charge in [0.25, 0.3) is 5.91 Å². The van der Waals surface area contributed by atoms with E-state index in [4.69, 9.17) is 4.74 Å². The van der Waals surface area contributed by atoms with Gasteiger partial charge in [-0.1, -0.05) is 12.1 Å². The summed E-state index contributed by atoms with van der Waals surface area (Å²) in [5.74, 6) is -0.611. The van der Waals surface area contributed by atoms with E-state index >= 15 is 0 Å². The first-order chi connectivity index (χ1) is 15.9. The molecular weight excluding hydrogens is 458 g/mol. The van der Waals surface area contributed by atoms with Crippen molar-refractivity contribution in [2.75, 3.05) is 36.1 Å². The molecule has 1 aliphatic heterocycles. The zero-order valence-electron chi connectivity index (χ0n) is 18.8. The fourth-order valence-corrected chi connectivity index (χ4v) is 4.90. The molecule has 0 saturated carbocycles. The number of aromatic nitrogens is 2. The van der Waals surface area contributed by atoms with Gasteiger partial charge in [0.15, 0.2) is 5.13 Å². The van der Waals surface area contributed by atoms with E-state index < -0.39 is 0 Å². The van der Waals surface area contributed by atoms with Crippen LogP contribution in [-0.2, 0) is 9.53 Å². The van der Waals surface area contributed by atoms with Crippen LogP contribution in [0.15, 0.2) is 48.1 Å². The quantitative estimate of drug-likeness (QED) is 0.530. The second-order valence-electron chi connectivity index (χ2n) is 7.92. The predicted octanol–water partition coefficient (Wildman–Crippen LogP) is 3.72. The molecule has 0 unspecified atom stereocenters. The summed E-state index contributed by atoms with van der Waals surface area (Å²) in [5, 5.41) is 7.81. The number of anilines is 2. The Morgan fingerprint density at radius 1 is 1.24 bits per heavy atom. The number of carbonyl (C=O) groups is 2. The van der Waals surface area contributed by atoms with Crippen LogP contribution in [0.2, 0.25) is 0 Å². The molecule has 4 rings (SSSR count). The average Bonchev–Trinajstić information content (AvgIpc) is 3.47. The smallest absolute Gasteiger partial charge is 0.253 e. The zero-order valence-corrected chi connectivity index (χ0v) is 20.4. The molecule has 0 spiro atoms. The third-order valence-electron chi connectivity index (χ3n) is 5.23. The standard InChI is InChI=1S/C23H27N5O3S2/c1-15-11-27(12-16(2)31-15)19-6-4-5-17(9-19)20-14-33-23(25-20)26-21(29)10-24-22(30)18-7-8-28(13-18)32-3/h4-9,13-16H,10-12H2,1-3H3,(H,24,30)(H,25,26,29)/t15-,16+. The first-order valence-corrected chi connectivity index (χ1v) is 12.7. The Morgan fingerprint density at radius 2 is 2.03 bits per heavy atom. The van der Waals surface area contributed by atoms with Crippen LogP contribution in [0.5, 0.6) is 0 Å². The van der Waals surface area contributed by atoms with Crippen LogP contribution in [-0.4, -0.2) is 58.9 Å². The summed E-state index contributed by atoms with van der Waals surface area (Å²) in [6.45, 7) is 5.75. The molecule has 8 nitrogen and oxygen atoms in total. The third-order valence-corrected chi connectivity index (χ3v) is 6.63. The van der Waals surface area contributed by atoms with E-state index in [1.807, 2.05) is 27.7 Å². The van der Waals surface area contributed by atoms with E-state index in [1.54, 1.807) is 18.5 Å². The molecule has 0 bridgehead atoms. The van der Waals surface area contributed by atoms with E-state index in [-0.39, 0.29) is 30.6 Å². The number of amides is 2. The molecule has 2 aromatic heterocycles. The molecule has 2 N–H and O–H groups in total. The predicted molar refractivity (Wildman–Crippen MR) is 134 cm³/mol. The molecule has 0 radical (unpaired) electrons. The molecule has 1 fully saturated rings. The highest BCUT2D eigenvalue weighted by Crippen LogP contribution is 2.29.